The molecule has 1 fully saturated rings. The molecule has 0 atom stereocenters. The Bertz CT molecular complexity index is 892. The fourth-order valence-electron chi connectivity index (χ4n) is 2.79. The minimum Gasteiger partial charge on any atom is -0.507 e. The maximum atomic E-state index is 12.7. The molecular weight excluding hydrogens is 375 g/mol. The van der Waals surface area contributed by atoms with Crippen LogP contribution in [0.1, 0.15) is 10.4 Å². The number of likely N-dealkylation sites (tertiary alicyclic amines) is 1. The summed E-state index contributed by atoms with van der Waals surface area (Å²) >= 11 is 12.5. The first-order valence-electron chi connectivity index (χ1n) is 7.90. The molecule has 0 unspecified atom stereocenters. The van der Waals surface area contributed by atoms with E-state index >= 15 is 0 Å². The summed E-state index contributed by atoms with van der Waals surface area (Å²) in [5, 5.41) is 13.7. The Morgan fingerprint density at radius 2 is 1.85 bits per heavy atom. The smallest absolute Gasteiger partial charge is 0.257 e. The summed E-state index contributed by atoms with van der Waals surface area (Å²) in [6, 6.07) is 9.88. The molecule has 2 aromatic rings. The number of halogens is 2. The largest absolute Gasteiger partial charge is 0.507 e. The van der Waals surface area contributed by atoms with Gasteiger partial charge in [-0.1, -0.05) is 48.0 Å². The number of amides is 2. The van der Waals surface area contributed by atoms with Crippen molar-refractivity contribution < 1.29 is 14.7 Å². The van der Waals surface area contributed by atoms with Crippen molar-refractivity contribution in [2.24, 2.45) is 0 Å². The monoisotopic (exact) mass is 390 g/mol. The second kappa shape index (κ2) is 7.40. The summed E-state index contributed by atoms with van der Waals surface area (Å²) < 4.78 is 0. The number of nitrogens with zero attached hydrogens (tertiary/aromatic N) is 1. The molecule has 5 nitrogen and oxygen atoms in total. The molecule has 0 saturated carbocycles. The molecule has 7 heteroatoms. The number of phenols is 1. The van der Waals surface area contributed by atoms with Crippen molar-refractivity contribution in [2.45, 2.75) is 6.04 Å². The second-order valence-electron chi connectivity index (χ2n) is 5.95. The number of carbonyl (C=O) groups excluding carboxylic acids is 2. The van der Waals surface area contributed by atoms with Gasteiger partial charge < -0.3 is 15.3 Å². The molecule has 2 amide bonds. The Hall–Kier alpha value is -2.50. The Labute approximate surface area is 160 Å². The van der Waals surface area contributed by atoms with Crippen LogP contribution in [0.25, 0.3) is 11.1 Å². The van der Waals surface area contributed by atoms with Gasteiger partial charge in [-0.25, -0.2) is 0 Å². The normalized spacial score (nSPS) is 13.8. The number of carbonyl (C=O) groups is 2. The Balaban J connectivity index is 1.84. The minimum absolute atomic E-state index is 0.123. The van der Waals surface area contributed by atoms with E-state index in [1.165, 1.54) is 23.1 Å². The highest BCUT2D eigenvalue weighted by molar-refractivity contribution is 6.36. The standard InChI is InChI=1S/C19H16Cl2N2O3/c1-2-18(25)22-11-9-23(10-11)19(26)14-7-13(16(21)8-17(14)24)12-5-3-4-6-15(12)20/h2-8,11,24H,1,9-10H2,(H,22,25). The number of phenolic OH excluding ortho intramolecular Hbond substituents is 1. The molecule has 1 aliphatic rings. The van der Waals surface area contributed by atoms with Gasteiger partial charge >= 0.3 is 0 Å². The van der Waals surface area contributed by atoms with Crippen LogP contribution in [0.15, 0.2) is 49.1 Å². The molecule has 2 N–H and O–H groups in total. The lowest BCUT2D eigenvalue weighted by Crippen LogP contribution is -2.60. The lowest BCUT2D eigenvalue weighted by molar-refractivity contribution is -0.118. The number of aromatic hydroxyl groups is 1. The maximum Gasteiger partial charge on any atom is 0.257 e. The number of rotatable bonds is 4. The summed E-state index contributed by atoms with van der Waals surface area (Å²) in [5.74, 6) is -0.816. The molecule has 134 valence electrons. The molecule has 3 rings (SSSR count). The van der Waals surface area contributed by atoms with E-state index in [1.807, 2.05) is 6.07 Å². The zero-order chi connectivity index (χ0) is 18.8. The summed E-state index contributed by atoms with van der Waals surface area (Å²) in [4.78, 5) is 25.5. The Morgan fingerprint density at radius 1 is 1.15 bits per heavy atom. The highest BCUT2D eigenvalue weighted by Crippen LogP contribution is 2.37. The van der Waals surface area contributed by atoms with Crippen LogP contribution in [-0.2, 0) is 4.79 Å². The maximum absolute atomic E-state index is 12.7. The Kier molecular flexibility index (Phi) is 5.20. The fourth-order valence-corrected chi connectivity index (χ4v) is 3.28. The van der Waals surface area contributed by atoms with Crippen molar-refractivity contribution in [3.8, 4) is 16.9 Å². The van der Waals surface area contributed by atoms with Crippen LogP contribution in [0.2, 0.25) is 10.0 Å². The first kappa shape index (κ1) is 18.3. The van der Waals surface area contributed by atoms with Gasteiger partial charge in [0.25, 0.3) is 5.91 Å². The van der Waals surface area contributed by atoms with Crippen LogP contribution < -0.4 is 5.32 Å². The third-order valence-corrected chi connectivity index (χ3v) is 4.82. The first-order valence-corrected chi connectivity index (χ1v) is 8.66. The van der Waals surface area contributed by atoms with Crippen LogP contribution in [0.4, 0.5) is 0 Å². The highest BCUT2D eigenvalue weighted by Gasteiger charge is 2.33. The highest BCUT2D eigenvalue weighted by atomic mass is 35.5. The third kappa shape index (κ3) is 3.54. The van der Waals surface area contributed by atoms with Crippen molar-refractivity contribution in [3.63, 3.8) is 0 Å². The van der Waals surface area contributed by atoms with Crippen LogP contribution in [-0.4, -0.2) is 41.0 Å². The predicted octanol–water partition coefficient (Wildman–Crippen LogP) is 3.49. The fraction of sp³-hybridized carbons (Fsp3) is 0.158. The van der Waals surface area contributed by atoms with Gasteiger partial charge in [-0.15, -0.1) is 0 Å². The van der Waals surface area contributed by atoms with E-state index in [4.69, 9.17) is 23.2 Å². The van der Waals surface area contributed by atoms with Crippen molar-refractivity contribution in [1.29, 1.82) is 0 Å². The van der Waals surface area contributed by atoms with Crippen molar-refractivity contribution in [2.75, 3.05) is 13.1 Å². The van der Waals surface area contributed by atoms with Crippen molar-refractivity contribution in [3.05, 3.63) is 64.7 Å². The molecular formula is C19H16Cl2N2O3. The topological polar surface area (TPSA) is 69.6 Å². The molecule has 2 aromatic carbocycles. The molecule has 0 radical (unpaired) electrons. The second-order valence-corrected chi connectivity index (χ2v) is 6.76. The third-order valence-electron chi connectivity index (χ3n) is 4.18. The number of hydrogen-bond acceptors (Lipinski definition) is 3. The van der Waals surface area contributed by atoms with Gasteiger partial charge in [0.2, 0.25) is 5.91 Å². The average Bonchev–Trinajstić information content (AvgIpc) is 2.58. The van der Waals surface area contributed by atoms with Gasteiger partial charge in [0.05, 0.1) is 16.6 Å². The van der Waals surface area contributed by atoms with E-state index in [1.54, 1.807) is 18.2 Å². The molecule has 0 aromatic heterocycles. The van der Waals surface area contributed by atoms with Gasteiger partial charge in [-0.05, 0) is 24.3 Å². The molecule has 0 bridgehead atoms. The molecule has 1 aliphatic heterocycles. The summed E-state index contributed by atoms with van der Waals surface area (Å²) in [5.41, 5.74) is 1.38. The van der Waals surface area contributed by atoms with E-state index in [2.05, 4.69) is 11.9 Å². The van der Waals surface area contributed by atoms with Gasteiger partial charge in [0.1, 0.15) is 5.75 Å². The summed E-state index contributed by atoms with van der Waals surface area (Å²) in [6.07, 6.45) is 1.19. The summed E-state index contributed by atoms with van der Waals surface area (Å²) in [7, 11) is 0. The van der Waals surface area contributed by atoms with E-state index < -0.39 is 0 Å². The van der Waals surface area contributed by atoms with Crippen LogP contribution >= 0.6 is 23.2 Å². The predicted molar refractivity (Wildman–Crippen MR) is 102 cm³/mol. The minimum atomic E-state index is -0.337. The van der Waals surface area contributed by atoms with Gasteiger partial charge in [0.15, 0.2) is 0 Å². The van der Waals surface area contributed by atoms with Gasteiger partial charge in [-0.2, -0.15) is 0 Å². The quantitative estimate of drug-likeness (QED) is 0.784. The molecule has 1 saturated heterocycles. The number of nitrogens with one attached hydrogen (secondary N) is 1. The lowest BCUT2D eigenvalue weighted by atomic mass is 10.00. The van der Waals surface area contributed by atoms with Crippen molar-refractivity contribution >= 4 is 35.0 Å². The Morgan fingerprint density at radius 3 is 2.50 bits per heavy atom. The van der Waals surface area contributed by atoms with Gasteiger partial charge in [-0.3, -0.25) is 9.59 Å². The molecule has 1 heterocycles. The van der Waals surface area contributed by atoms with E-state index in [9.17, 15) is 14.7 Å². The molecule has 0 spiro atoms. The van der Waals surface area contributed by atoms with Crippen LogP contribution in [0.5, 0.6) is 5.75 Å². The van der Waals surface area contributed by atoms with Crippen LogP contribution in [0, 0.1) is 0 Å². The zero-order valence-corrected chi connectivity index (χ0v) is 15.2. The summed E-state index contributed by atoms with van der Waals surface area (Å²) in [6.45, 7) is 4.12. The number of benzene rings is 2. The van der Waals surface area contributed by atoms with E-state index in [-0.39, 0.29) is 29.2 Å². The average molecular weight is 391 g/mol. The van der Waals surface area contributed by atoms with Gasteiger partial charge in [0, 0.05) is 29.2 Å². The molecule has 26 heavy (non-hydrogen) atoms. The lowest BCUT2D eigenvalue weighted by Gasteiger charge is -2.39. The zero-order valence-electron chi connectivity index (χ0n) is 13.7. The van der Waals surface area contributed by atoms with Crippen LogP contribution in [0.3, 0.4) is 0 Å². The molecule has 0 aliphatic carbocycles. The SMILES string of the molecule is C=CC(=O)NC1CN(C(=O)c2cc(-c3ccccc3Cl)c(Cl)cc2O)C1. The van der Waals surface area contributed by atoms with E-state index in [0.717, 1.165) is 0 Å². The number of hydrogen-bond donors (Lipinski definition) is 2. The first-order chi connectivity index (χ1) is 12.4. The van der Waals surface area contributed by atoms with Crippen molar-refractivity contribution in [1.82, 2.24) is 10.2 Å². The van der Waals surface area contributed by atoms with E-state index in [0.29, 0.717) is 34.3 Å².